The summed E-state index contributed by atoms with van der Waals surface area (Å²) in [7, 11) is -2.50. The minimum Gasteiger partial charge on any atom is -0.465 e. The monoisotopic (exact) mass is 347 g/mol. The molecule has 2 aromatic rings. The van der Waals surface area contributed by atoms with Gasteiger partial charge in [-0.25, -0.2) is 17.9 Å². The molecular formula is C18H21NO4S. The molecule has 0 saturated carbocycles. The van der Waals surface area contributed by atoms with Crippen molar-refractivity contribution in [2.45, 2.75) is 31.7 Å². The van der Waals surface area contributed by atoms with Crippen LogP contribution in [0.3, 0.4) is 0 Å². The largest absolute Gasteiger partial charge is 0.465 e. The first-order valence-corrected chi connectivity index (χ1v) is 9.01. The van der Waals surface area contributed by atoms with E-state index in [9.17, 15) is 13.2 Å². The molecule has 2 aromatic carbocycles. The van der Waals surface area contributed by atoms with Crippen molar-refractivity contribution < 1.29 is 17.9 Å². The summed E-state index contributed by atoms with van der Waals surface area (Å²) < 4.78 is 32.5. The molecule has 0 aromatic heterocycles. The molecule has 0 bridgehead atoms. The van der Waals surface area contributed by atoms with E-state index in [1.807, 2.05) is 32.0 Å². The molecule has 0 spiro atoms. The number of hydrogen-bond donors (Lipinski definition) is 1. The van der Waals surface area contributed by atoms with Crippen LogP contribution in [0.25, 0.3) is 0 Å². The summed E-state index contributed by atoms with van der Waals surface area (Å²) in [5, 5.41) is 0. The zero-order chi connectivity index (χ0) is 17.9. The van der Waals surface area contributed by atoms with Gasteiger partial charge in [0.2, 0.25) is 10.0 Å². The van der Waals surface area contributed by atoms with E-state index in [1.165, 1.54) is 31.4 Å². The number of benzene rings is 2. The normalized spacial score (nSPS) is 12.7. The average Bonchev–Trinajstić information content (AvgIpc) is 2.53. The first kappa shape index (κ1) is 18.2. The lowest BCUT2D eigenvalue weighted by Crippen LogP contribution is -2.27. The maximum atomic E-state index is 12.6. The van der Waals surface area contributed by atoms with Gasteiger partial charge in [-0.2, -0.15) is 0 Å². The Balaban J connectivity index is 2.29. The number of hydrogen-bond acceptors (Lipinski definition) is 4. The second-order valence-electron chi connectivity index (χ2n) is 5.72. The molecular weight excluding hydrogens is 326 g/mol. The van der Waals surface area contributed by atoms with Gasteiger partial charge in [0.25, 0.3) is 0 Å². The lowest BCUT2D eigenvalue weighted by molar-refractivity contribution is 0.0600. The van der Waals surface area contributed by atoms with Gasteiger partial charge in [0.1, 0.15) is 0 Å². The van der Waals surface area contributed by atoms with Crippen molar-refractivity contribution in [3.8, 4) is 0 Å². The summed E-state index contributed by atoms with van der Waals surface area (Å²) in [5.41, 5.74) is 3.25. The predicted molar refractivity (Wildman–Crippen MR) is 92.4 cm³/mol. The molecule has 128 valence electrons. The van der Waals surface area contributed by atoms with Crippen LogP contribution >= 0.6 is 0 Å². The Labute approximate surface area is 142 Å². The van der Waals surface area contributed by atoms with E-state index in [2.05, 4.69) is 9.46 Å². The Kier molecular flexibility index (Phi) is 5.41. The topological polar surface area (TPSA) is 72.5 Å². The molecule has 1 atom stereocenters. The summed E-state index contributed by atoms with van der Waals surface area (Å²) >= 11 is 0. The standard InChI is InChI=1S/C18H21NO4S/c1-12-8-9-17(13(2)10-12)14(3)19-24(21,22)16-7-5-6-15(11-16)18(20)23-4/h5-11,14,19H,1-4H3/t14-/m0/s1. The fourth-order valence-electron chi connectivity index (χ4n) is 2.58. The highest BCUT2D eigenvalue weighted by atomic mass is 32.2. The average molecular weight is 347 g/mol. The van der Waals surface area contributed by atoms with E-state index in [-0.39, 0.29) is 10.5 Å². The smallest absolute Gasteiger partial charge is 0.337 e. The maximum absolute atomic E-state index is 12.6. The fraction of sp³-hybridized carbons (Fsp3) is 0.278. The van der Waals surface area contributed by atoms with Crippen molar-refractivity contribution in [3.05, 3.63) is 64.7 Å². The minimum absolute atomic E-state index is 0.0296. The Bertz CT molecular complexity index is 859. The zero-order valence-electron chi connectivity index (χ0n) is 14.2. The predicted octanol–water partition coefficient (Wildman–Crippen LogP) is 3.13. The molecule has 0 unspecified atom stereocenters. The van der Waals surface area contributed by atoms with Gasteiger partial charge in [0, 0.05) is 6.04 Å². The summed E-state index contributed by atoms with van der Waals surface area (Å²) in [5.74, 6) is -0.575. The van der Waals surface area contributed by atoms with Gasteiger partial charge in [0.15, 0.2) is 0 Å². The molecule has 0 aliphatic heterocycles. The first-order chi connectivity index (χ1) is 11.2. The van der Waals surface area contributed by atoms with Crippen LogP contribution in [-0.2, 0) is 14.8 Å². The molecule has 0 radical (unpaired) electrons. The molecule has 5 nitrogen and oxygen atoms in total. The van der Waals surface area contributed by atoms with Crippen molar-refractivity contribution in [3.63, 3.8) is 0 Å². The summed E-state index contributed by atoms with van der Waals surface area (Å²) in [4.78, 5) is 11.6. The number of aryl methyl sites for hydroxylation is 2. The minimum atomic E-state index is -3.76. The number of ether oxygens (including phenoxy) is 1. The molecule has 0 heterocycles. The number of carbonyl (C=O) groups excluding carboxylic acids is 1. The number of sulfonamides is 1. The van der Waals surface area contributed by atoms with Crippen LogP contribution < -0.4 is 4.72 Å². The lowest BCUT2D eigenvalue weighted by atomic mass is 10.0. The number of esters is 1. The third-order valence-electron chi connectivity index (χ3n) is 3.79. The Morgan fingerprint density at radius 3 is 2.46 bits per heavy atom. The van der Waals surface area contributed by atoms with Gasteiger partial charge >= 0.3 is 5.97 Å². The van der Waals surface area contributed by atoms with Crippen LogP contribution in [0.2, 0.25) is 0 Å². The maximum Gasteiger partial charge on any atom is 0.337 e. The van der Waals surface area contributed by atoms with Crippen molar-refractivity contribution >= 4 is 16.0 Å². The van der Waals surface area contributed by atoms with Crippen LogP contribution in [0.5, 0.6) is 0 Å². The van der Waals surface area contributed by atoms with Gasteiger partial charge in [-0.1, -0.05) is 29.8 Å². The Morgan fingerprint density at radius 1 is 1.12 bits per heavy atom. The third kappa shape index (κ3) is 4.01. The van der Waals surface area contributed by atoms with Crippen molar-refractivity contribution in [2.75, 3.05) is 7.11 Å². The van der Waals surface area contributed by atoms with Crippen molar-refractivity contribution in [1.82, 2.24) is 4.72 Å². The summed E-state index contributed by atoms with van der Waals surface area (Å²) in [6, 6.07) is 11.3. The first-order valence-electron chi connectivity index (χ1n) is 7.52. The molecule has 0 aliphatic rings. The van der Waals surface area contributed by atoms with E-state index < -0.39 is 22.0 Å². The lowest BCUT2D eigenvalue weighted by Gasteiger charge is -2.17. The summed E-state index contributed by atoms with van der Waals surface area (Å²) in [6.07, 6.45) is 0. The van der Waals surface area contributed by atoms with Crippen molar-refractivity contribution in [2.24, 2.45) is 0 Å². The van der Waals surface area contributed by atoms with Crippen LogP contribution in [-0.4, -0.2) is 21.5 Å². The highest BCUT2D eigenvalue weighted by Crippen LogP contribution is 2.21. The highest BCUT2D eigenvalue weighted by Gasteiger charge is 2.20. The van der Waals surface area contributed by atoms with E-state index in [1.54, 1.807) is 6.92 Å². The summed E-state index contributed by atoms with van der Waals surface area (Å²) in [6.45, 7) is 5.73. The van der Waals surface area contributed by atoms with E-state index in [0.29, 0.717) is 0 Å². The quantitative estimate of drug-likeness (QED) is 0.844. The molecule has 6 heteroatoms. The number of nitrogens with one attached hydrogen (secondary N) is 1. The Morgan fingerprint density at radius 2 is 1.83 bits per heavy atom. The molecule has 0 fully saturated rings. The van der Waals surface area contributed by atoms with E-state index >= 15 is 0 Å². The van der Waals surface area contributed by atoms with Crippen LogP contribution in [0.4, 0.5) is 0 Å². The van der Waals surface area contributed by atoms with Gasteiger partial charge in [0.05, 0.1) is 17.6 Å². The van der Waals surface area contributed by atoms with Gasteiger partial charge in [-0.15, -0.1) is 0 Å². The number of carbonyl (C=O) groups is 1. The van der Waals surface area contributed by atoms with Crippen LogP contribution in [0.1, 0.15) is 40.0 Å². The molecule has 0 saturated heterocycles. The molecule has 0 amide bonds. The SMILES string of the molecule is COC(=O)c1cccc(S(=O)(=O)N[C@@H](C)c2ccc(C)cc2C)c1. The van der Waals surface area contributed by atoms with Gasteiger partial charge in [-0.3, -0.25) is 0 Å². The van der Waals surface area contributed by atoms with Gasteiger partial charge < -0.3 is 4.74 Å². The molecule has 0 aliphatic carbocycles. The highest BCUT2D eigenvalue weighted by molar-refractivity contribution is 7.89. The number of methoxy groups -OCH3 is 1. The Hall–Kier alpha value is -2.18. The molecule has 2 rings (SSSR count). The van der Waals surface area contributed by atoms with Crippen LogP contribution in [0.15, 0.2) is 47.4 Å². The zero-order valence-corrected chi connectivity index (χ0v) is 15.0. The fourth-order valence-corrected chi connectivity index (χ4v) is 3.85. The van der Waals surface area contributed by atoms with E-state index in [4.69, 9.17) is 0 Å². The second-order valence-corrected chi connectivity index (χ2v) is 7.44. The second kappa shape index (κ2) is 7.15. The van der Waals surface area contributed by atoms with Gasteiger partial charge in [-0.05, 0) is 50.1 Å². The van der Waals surface area contributed by atoms with Crippen molar-refractivity contribution in [1.29, 1.82) is 0 Å². The third-order valence-corrected chi connectivity index (χ3v) is 5.33. The number of rotatable bonds is 5. The molecule has 24 heavy (non-hydrogen) atoms. The van der Waals surface area contributed by atoms with E-state index in [0.717, 1.165) is 16.7 Å². The van der Waals surface area contributed by atoms with Crippen LogP contribution in [0, 0.1) is 13.8 Å². The molecule has 1 N–H and O–H groups in total.